The van der Waals surface area contributed by atoms with Crippen LogP contribution in [0.1, 0.15) is 18.2 Å². The molecule has 0 fully saturated rings. The number of nitrogens with zero attached hydrogens (tertiary/aromatic N) is 2. The van der Waals surface area contributed by atoms with E-state index in [2.05, 4.69) is 16.8 Å². The van der Waals surface area contributed by atoms with Crippen molar-refractivity contribution in [3.63, 3.8) is 0 Å². The van der Waals surface area contributed by atoms with Gasteiger partial charge in [-0.25, -0.2) is 4.98 Å². The molecule has 1 aromatic heterocycles. The first-order valence-corrected chi connectivity index (χ1v) is 3.15. The zero-order valence-electron chi connectivity index (χ0n) is 6.13. The minimum absolute atomic E-state index is 0.595. The third-order valence-corrected chi connectivity index (χ3v) is 1.14. The van der Waals surface area contributed by atoms with E-state index in [-0.39, 0.29) is 0 Å². The van der Waals surface area contributed by atoms with E-state index in [1.807, 2.05) is 6.07 Å². The van der Waals surface area contributed by atoms with Gasteiger partial charge in [-0.3, -0.25) is 0 Å². The number of aromatic nitrogens is 1. The molecule has 0 spiro atoms. The Labute approximate surface area is 65.5 Å². The lowest BCUT2D eigenvalue weighted by Gasteiger charge is -1.88. The smallest absolute Gasteiger partial charge is 0.114 e. The zero-order valence-corrected chi connectivity index (χ0v) is 6.13. The van der Waals surface area contributed by atoms with Gasteiger partial charge in [0.15, 0.2) is 0 Å². The van der Waals surface area contributed by atoms with Crippen molar-refractivity contribution in [2.24, 2.45) is 0 Å². The molecule has 0 bridgehead atoms. The van der Waals surface area contributed by atoms with Gasteiger partial charge in [0.2, 0.25) is 0 Å². The van der Waals surface area contributed by atoms with Gasteiger partial charge in [-0.2, -0.15) is 5.26 Å². The fraction of sp³-hybridized carbons (Fsp3) is 0.111. The molecule has 0 N–H and O–H groups in total. The standard InChI is InChI=1S/C9H6N2/c1-2-3-9-6-8(7-10)4-5-11-9/h4-6H,1H3. The lowest BCUT2D eigenvalue weighted by Crippen LogP contribution is -1.82. The Balaban J connectivity index is 3.10. The summed E-state index contributed by atoms with van der Waals surface area (Å²) >= 11 is 0. The summed E-state index contributed by atoms with van der Waals surface area (Å²) in [5.74, 6) is 5.48. The van der Waals surface area contributed by atoms with Crippen LogP contribution in [0.25, 0.3) is 0 Å². The van der Waals surface area contributed by atoms with Gasteiger partial charge >= 0.3 is 0 Å². The lowest BCUT2D eigenvalue weighted by molar-refractivity contribution is 1.27. The van der Waals surface area contributed by atoms with Gasteiger partial charge in [-0.15, -0.1) is 0 Å². The van der Waals surface area contributed by atoms with Crippen molar-refractivity contribution in [1.82, 2.24) is 4.98 Å². The van der Waals surface area contributed by atoms with Gasteiger partial charge in [-0.05, 0) is 25.0 Å². The van der Waals surface area contributed by atoms with Crippen LogP contribution < -0.4 is 0 Å². The molecule has 2 heteroatoms. The Kier molecular flexibility index (Phi) is 2.25. The predicted octanol–water partition coefficient (Wildman–Crippen LogP) is 1.32. The highest BCUT2D eigenvalue weighted by Crippen LogP contribution is 1.97. The van der Waals surface area contributed by atoms with E-state index in [1.165, 1.54) is 0 Å². The summed E-state index contributed by atoms with van der Waals surface area (Å²) in [6.45, 7) is 1.74. The quantitative estimate of drug-likeness (QED) is 0.512. The van der Waals surface area contributed by atoms with Gasteiger partial charge in [0.25, 0.3) is 0 Å². The summed E-state index contributed by atoms with van der Waals surface area (Å²) in [7, 11) is 0. The van der Waals surface area contributed by atoms with Crippen LogP contribution in [0.4, 0.5) is 0 Å². The predicted molar refractivity (Wildman–Crippen MR) is 41.5 cm³/mol. The largest absolute Gasteiger partial charge is 0.248 e. The minimum Gasteiger partial charge on any atom is -0.248 e. The molecule has 1 rings (SSSR count). The summed E-state index contributed by atoms with van der Waals surface area (Å²) in [4.78, 5) is 3.95. The third kappa shape index (κ3) is 1.81. The minimum atomic E-state index is 0.595. The second kappa shape index (κ2) is 3.39. The van der Waals surface area contributed by atoms with Crippen molar-refractivity contribution in [3.05, 3.63) is 29.6 Å². The first-order valence-electron chi connectivity index (χ1n) is 3.15. The molecule has 0 aromatic carbocycles. The SMILES string of the molecule is CC#Cc1cc(C#N)ccn1. The van der Waals surface area contributed by atoms with Crippen molar-refractivity contribution in [3.8, 4) is 17.9 Å². The van der Waals surface area contributed by atoms with E-state index in [9.17, 15) is 0 Å². The molecule has 11 heavy (non-hydrogen) atoms. The number of nitriles is 1. The maximum Gasteiger partial charge on any atom is 0.114 e. The van der Waals surface area contributed by atoms with Crippen LogP contribution >= 0.6 is 0 Å². The van der Waals surface area contributed by atoms with E-state index in [4.69, 9.17) is 5.26 Å². The molecule has 0 radical (unpaired) electrons. The topological polar surface area (TPSA) is 36.7 Å². The van der Waals surface area contributed by atoms with E-state index >= 15 is 0 Å². The summed E-state index contributed by atoms with van der Waals surface area (Å²) in [5, 5.41) is 8.50. The van der Waals surface area contributed by atoms with Crippen LogP contribution in [0.15, 0.2) is 18.3 Å². The monoisotopic (exact) mass is 142 g/mol. The van der Waals surface area contributed by atoms with Crippen molar-refractivity contribution >= 4 is 0 Å². The Morgan fingerprint density at radius 3 is 3.00 bits per heavy atom. The van der Waals surface area contributed by atoms with Crippen LogP contribution in [0.3, 0.4) is 0 Å². The zero-order chi connectivity index (χ0) is 8.10. The maximum atomic E-state index is 8.50. The summed E-state index contributed by atoms with van der Waals surface area (Å²) < 4.78 is 0. The second-order valence-corrected chi connectivity index (χ2v) is 1.92. The van der Waals surface area contributed by atoms with Gasteiger partial charge in [0.1, 0.15) is 5.69 Å². The fourth-order valence-electron chi connectivity index (χ4n) is 0.697. The third-order valence-electron chi connectivity index (χ3n) is 1.14. The van der Waals surface area contributed by atoms with E-state index in [0.29, 0.717) is 11.3 Å². The molecule has 0 saturated heterocycles. The number of rotatable bonds is 0. The number of pyridine rings is 1. The Morgan fingerprint density at radius 1 is 1.55 bits per heavy atom. The number of hydrogen-bond donors (Lipinski definition) is 0. The molecular formula is C9H6N2. The molecule has 0 unspecified atom stereocenters. The first kappa shape index (κ1) is 7.31. The number of hydrogen-bond acceptors (Lipinski definition) is 2. The summed E-state index contributed by atoms with van der Waals surface area (Å²) in [6, 6.07) is 5.33. The molecule has 1 heterocycles. The van der Waals surface area contributed by atoms with Crippen molar-refractivity contribution in [1.29, 1.82) is 5.26 Å². The van der Waals surface area contributed by atoms with Crippen LogP contribution in [0.2, 0.25) is 0 Å². The highest BCUT2D eigenvalue weighted by molar-refractivity contribution is 5.35. The van der Waals surface area contributed by atoms with Crippen LogP contribution in [0, 0.1) is 23.2 Å². The Bertz CT molecular complexity index is 350. The second-order valence-electron chi connectivity index (χ2n) is 1.92. The maximum absolute atomic E-state index is 8.50. The van der Waals surface area contributed by atoms with Crippen LogP contribution in [-0.2, 0) is 0 Å². The average molecular weight is 142 g/mol. The van der Waals surface area contributed by atoms with Crippen LogP contribution in [0.5, 0.6) is 0 Å². The van der Waals surface area contributed by atoms with E-state index in [1.54, 1.807) is 25.3 Å². The Morgan fingerprint density at radius 2 is 2.36 bits per heavy atom. The van der Waals surface area contributed by atoms with Gasteiger partial charge in [0.05, 0.1) is 11.6 Å². The van der Waals surface area contributed by atoms with Crippen LogP contribution in [-0.4, -0.2) is 4.98 Å². The molecule has 0 aliphatic rings. The molecule has 0 aliphatic heterocycles. The molecule has 0 atom stereocenters. The molecule has 0 aliphatic carbocycles. The van der Waals surface area contributed by atoms with Gasteiger partial charge in [0, 0.05) is 6.20 Å². The van der Waals surface area contributed by atoms with Crippen molar-refractivity contribution in [2.45, 2.75) is 6.92 Å². The molecule has 2 nitrogen and oxygen atoms in total. The summed E-state index contributed by atoms with van der Waals surface area (Å²) in [6.07, 6.45) is 1.58. The molecule has 0 saturated carbocycles. The average Bonchev–Trinajstić information content (AvgIpc) is 2.06. The summed E-state index contributed by atoms with van der Waals surface area (Å²) in [5.41, 5.74) is 1.24. The highest BCUT2D eigenvalue weighted by atomic mass is 14.6. The van der Waals surface area contributed by atoms with Crippen molar-refractivity contribution < 1.29 is 0 Å². The highest BCUT2D eigenvalue weighted by Gasteiger charge is 1.90. The fourth-order valence-corrected chi connectivity index (χ4v) is 0.697. The van der Waals surface area contributed by atoms with Gasteiger partial charge < -0.3 is 0 Å². The Hall–Kier alpha value is -1.80. The normalized spacial score (nSPS) is 7.64. The molecule has 1 aromatic rings. The molecular weight excluding hydrogens is 136 g/mol. The van der Waals surface area contributed by atoms with Crippen molar-refractivity contribution in [2.75, 3.05) is 0 Å². The van der Waals surface area contributed by atoms with E-state index in [0.717, 1.165) is 0 Å². The molecule has 0 amide bonds. The molecule has 52 valence electrons. The van der Waals surface area contributed by atoms with Gasteiger partial charge in [-0.1, -0.05) is 5.92 Å². The first-order chi connectivity index (χ1) is 5.36. The van der Waals surface area contributed by atoms with E-state index < -0.39 is 0 Å². The lowest BCUT2D eigenvalue weighted by atomic mass is 10.2.